The van der Waals surface area contributed by atoms with Crippen molar-refractivity contribution >= 4 is 21.6 Å². The molecule has 2 aromatic rings. The third kappa shape index (κ3) is 5.45. The highest BCUT2D eigenvalue weighted by Gasteiger charge is 2.31. The molecule has 0 saturated heterocycles. The van der Waals surface area contributed by atoms with E-state index in [-0.39, 0.29) is 12.2 Å². The zero-order valence-electron chi connectivity index (χ0n) is 13.7. The third-order valence-electron chi connectivity index (χ3n) is 3.39. The van der Waals surface area contributed by atoms with Crippen molar-refractivity contribution in [3.63, 3.8) is 0 Å². The third-order valence-corrected chi connectivity index (χ3v) is 4.53. The van der Waals surface area contributed by atoms with Crippen LogP contribution in [0, 0.1) is 0 Å². The molecule has 0 aliphatic carbocycles. The lowest BCUT2D eigenvalue weighted by molar-refractivity contribution is -0.137. The van der Waals surface area contributed by atoms with Crippen LogP contribution in [-0.4, -0.2) is 32.1 Å². The molecule has 2 rings (SSSR count). The molecule has 1 aromatic heterocycles. The Hall–Kier alpha value is -2.62. The van der Waals surface area contributed by atoms with Gasteiger partial charge in [0, 0.05) is 18.9 Å². The highest BCUT2D eigenvalue weighted by Crippen LogP contribution is 2.32. The van der Waals surface area contributed by atoms with Gasteiger partial charge in [-0.2, -0.15) is 13.2 Å². The Morgan fingerprint density at radius 2 is 1.85 bits per heavy atom. The van der Waals surface area contributed by atoms with E-state index in [0.717, 1.165) is 24.0 Å². The summed E-state index contributed by atoms with van der Waals surface area (Å²) < 4.78 is 63.1. The van der Waals surface area contributed by atoms with E-state index in [1.54, 1.807) is 12.1 Å². The number of benzene rings is 1. The molecule has 10 heteroatoms. The van der Waals surface area contributed by atoms with Crippen molar-refractivity contribution in [1.29, 1.82) is 0 Å². The lowest BCUT2D eigenvalue weighted by Gasteiger charge is -2.22. The van der Waals surface area contributed by atoms with Crippen LogP contribution in [0.3, 0.4) is 0 Å². The van der Waals surface area contributed by atoms with Crippen molar-refractivity contribution in [2.24, 2.45) is 0 Å². The Kier molecular flexibility index (Phi) is 5.86. The Bertz CT molecular complexity index is 871. The second kappa shape index (κ2) is 7.73. The van der Waals surface area contributed by atoms with Gasteiger partial charge in [0.25, 0.3) is 0 Å². The highest BCUT2D eigenvalue weighted by atomic mass is 32.2. The van der Waals surface area contributed by atoms with Crippen molar-refractivity contribution < 1.29 is 26.4 Å². The molecule has 1 amide bonds. The van der Waals surface area contributed by atoms with Crippen molar-refractivity contribution in [2.45, 2.75) is 12.7 Å². The number of rotatable bonds is 6. The summed E-state index contributed by atoms with van der Waals surface area (Å²) in [5.41, 5.74) is -0.486. The molecule has 6 nitrogen and oxygen atoms in total. The maximum atomic E-state index is 12.8. The van der Waals surface area contributed by atoms with Crippen LogP contribution in [0.2, 0.25) is 0 Å². The van der Waals surface area contributed by atoms with Crippen molar-refractivity contribution in [2.75, 3.05) is 17.1 Å². The fraction of sp³-hybridized carbons (Fsp3) is 0.250. The van der Waals surface area contributed by atoms with Crippen LogP contribution < -0.4 is 9.62 Å². The smallest absolute Gasteiger partial charge is 0.350 e. The van der Waals surface area contributed by atoms with Crippen LogP contribution in [0.1, 0.15) is 11.1 Å². The quantitative estimate of drug-likeness (QED) is 0.824. The van der Waals surface area contributed by atoms with Crippen molar-refractivity contribution in [1.82, 2.24) is 10.3 Å². The first-order valence-corrected chi connectivity index (χ1v) is 9.23. The first-order chi connectivity index (χ1) is 12.1. The summed E-state index contributed by atoms with van der Waals surface area (Å²) in [7, 11) is -3.96. The standard InChI is InChI=1S/C16H16F3N3O3S/c1-26(24,25)22(14-4-2-3-13(9-14)16(17,18)19)11-15(23)21-10-12-5-7-20-8-6-12/h2-9H,10-11H2,1H3,(H,21,23). The van der Waals surface area contributed by atoms with Gasteiger partial charge < -0.3 is 5.32 Å². The maximum Gasteiger partial charge on any atom is 0.416 e. The SMILES string of the molecule is CS(=O)(=O)N(CC(=O)NCc1ccncc1)c1cccc(C(F)(F)F)c1. The van der Waals surface area contributed by atoms with Gasteiger partial charge in [-0.1, -0.05) is 6.07 Å². The Morgan fingerprint density at radius 1 is 1.19 bits per heavy atom. The average Bonchev–Trinajstić information content (AvgIpc) is 2.57. The summed E-state index contributed by atoms with van der Waals surface area (Å²) in [6.07, 6.45) is -0.730. The molecule has 1 N–H and O–H groups in total. The zero-order chi connectivity index (χ0) is 19.4. The number of aromatic nitrogens is 1. The van der Waals surface area contributed by atoms with E-state index in [1.165, 1.54) is 18.5 Å². The number of alkyl halides is 3. The summed E-state index contributed by atoms with van der Waals surface area (Å²) >= 11 is 0. The van der Waals surface area contributed by atoms with Crippen LogP contribution in [0.4, 0.5) is 18.9 Å². The van der Waals surface area contributed by atoms with Gasteiger partial charge in [0.2, 0.25) is 15.9 Å². The summed E-state index contributed by atoms with van der Waals surface area (Å²) in [5.74, 6) is -0.648. The highest BCUT2D eigenvalue weighted by molar-refractivity contribution is 7.92. The van der Waals surface area contributed by atoms with E-state index in [2.05, 4.69) is 10.3 Å². The number of hydrogen-bond donors (Lipinski definition) is 1. The molecule has 0 bridgehead atoms. The molecular weight excluding hydrogens is 371 g/mol. The van der Waals surface area contributed by atoms with Gasteiger partial charge in [0.1, 0.15) is 6.54 Å². The lowest BCUT2D eigenvalue weighted by Crippen LogP contribution is -2.40. The summed E-state index contributed by atoms with van der Waals surface area (Å²) in [5, 5.41) is 2.52. The summed E-state index contributed by atoms with van der Waals surface area (Å²) in [6.45, 7) is -0.493. The first kappa shape index (κ1) is 19.7. The number of hydrogen-bond acceptors (Lipinski definition) is 4. The molecule has 0 aliphatic heterocycles. The second-order valence-electron chi connectivity index (χ2n) is 5.45. The predicted octanol–water partition coefficient (Wildman–Crippen LogP) is 2.18. The maximum absolute atomic E-state index is 12.8. The van der Waals surface area contributed by atoms with Crippen LogP contribution in [0.15, 0.2) is 48.8 Å². The molecule has 1 heterocycles. The monoisotopic (exact) mass is 387 g/mol. The molecular formula is C16H16F3N3O3S. The van der Waals surface area contributed by atoms with E-state index >= 15 is 0 Å². The number of amides is 1. The summed E-state index contributed by atoms with van der Waals surface area (Å²) in [6, 6.07) is 7.14. The van der Waals surface area contributed by atoms with Gasteiger partial charge in [-0.05, 0) is 35.9 Å². The fourth-order valence-corrected chi connectivity index (χ4v) is 2.97. The van der Waals surface area contributed by atoms with Gasteiger partial charge in [-0.15, -0.1) is 0 Å². The van der Waals surface area contributed by atoms with E-state index in [9.17, 15) is 26.4 Å². The molecule has 0 fully saturated rings. The lowest BCUT2D eigenvalue weighted by atomic mass is 10.2. The van der Waals surface area contributed by atoms with Crippen molar-refractivity contribution in [3.8, 4) is 0 Å². The topological polar surface area (TPSA) is 79.4 Å². The van der Waals surface area contributed by atoms with E-state index < -0.39 is 34.2 Å². The predicted molar refractivity (Wildman–Crippen MR) is 89.7 cm³/mol. The Balaban J connectivity index is 2.17. The number of nitrogens with one attached hydrogen (secondary N) is 1. The molecule has 1 aromatic carbocycles. The molecule has 0 spiro atoms. The molecule has 0 unspecified atom stereocenters. The normalized spacial score (nSPS) is 11.8. The number of nitrogens with zero attached hydrogens (tertiary/aromatic N) is 2. The van der Waals surface area contributed by atoms with Crippen LogP contribution in [-0.2, 0) is 27.5 Å². The van der Waals surface area contributed by atoms with Gasteiger partial charge in [0.05, 0.1) is 17.5 Å². The van der Waals surface area contributed by atoms with Crippen LogP contribution >= 0.6 is 0 Å². The average molecular weight is 387 g/mol. The molecule has 0 radical (unpaired) electrons. The zero-order valence-corrected chi connectivity index (χ0v) is 14.5. The minimum atomic E-state index is -4.62. The molecule has 0 aliphatic rings. The molecule has 26 heavy (non-hydrogen) atoms. The minimum absolute atomic E-state index is 0.140. The molecule has 140 valence electrons. The minimum Gasteiger partial charge on any atom is -0.350 e. The molecule has 0 atom stereocenters. The van der Waals surface area contributed by atoms with Gasteiger partial charge >= 0.3 is 6.18 Å². The van der Waals surface area contributed by atoms with Gasteiger partial charge in [-0.3, -0.25) is 14.1 Å². The summed E-state index contributed by atoms with van der Waals surface area (Å²) in [4.78, 5) is 15.9. The van der Waals surface area contributed by atoms with E-state index in [0.29, 0.717) is 10.4 Å². The Labute approximate surface area is 148 Å². The van der Waals surface area contributed by atoms with Crippen molar-refractivity contribution in [3.05, 3.63) is 59.9 Å². The number of halogens is 3. The second-order valence-corrected chi connectivity index (χ2v) is 7.36. The number of sulfonamides is 1. The fourth-order valence-electron chi connectivity index (χ4n) is 2.13. The number of anilines is 1. The van der Waals surface area contributed by atoms with Crippen LogP contribution in [0.25, 0.3) is 0 Å². The molecule has 0 saturated carbocycles. The van der Waals surface area contributed by atoms with Gasteiger partial charge in [0.15, 0.2) is 0 Å². The van der Waals surface area contributed by atoms with Crippen LogP contribution in [0.5, 0.6) is 0 Å². The largest absolute Gasteiger partial charge is 0.416 e. The van der Waals surface area contributed by atoms with E-state index in [4.69, 9.17) is 0 Å². The first-order valence-electron chi connectivity index (χ1n) is 7.38. The number of carbonyl (C=O) groups is 1. The van der Waals surface area contributed by atoms with E-state index in [1.807, 2.05) is 0 Å². The van der Waals surface area contributed by atoms with Gasteiger partial charge in [-0.25, -0.2) is 8.42 Å². The number of pyridine rings is 1. The Morgan fingerprint density at radius 3 is 2.42 bits per heavy atom. The number of carbonyl (C=O) groups excluding carboxylic acids is 1.